The van der Waals surface area contributed by atoms with E-state index in [0.29, 0.717) is 23.9 Å². The van der Waals surface area contributed by atoms with E-state index in [1.54, 1.807) is 24.3 Å². The third-order valence-electron chi connectivity index (χ3n) is 3.22. The van der Waals surface area contributed by atoms with Crippen LogP contribution in [0.2, 0.25) is 0 Å². The Bertz CT molecular complexity index is 588. The number of carbonyl (C=O) groups excluding carboxylic acids is 1. The lowest BCUT2D eigenvalue weighted by Crippen LogP contribution is -2.44. The zero-order chi connectivity index (χ0) is 14.0. The number of nitrogens with zero attached hydrogens (tertiary/aromatic N) is 1. The molecular formula is C12H15BrN2O3S. The number of hydrogen-bond acceptors (Lipinski definition) is 3. The lowest BCUT2D eigenvalue weighted by atomic mass is 9.99. The first-order chi connectivity index (χ1) is 8.91. The lowest BCUT2D eigenvalue weighted by molar-refractivity contribution is -0.122. The summed E-state index contributed by atoms with van der Waals surface area (Å²) in [6.07, 6.45) is 1.31. The van der Waals surface area contributed by atoms with Crippen LogP contribution < -0.4 is 5.73 Å². The molecule has 0 bridgehead atoms. The molecular weight excluding hydrogens is 332 g/mol. The summed E-state index contributed by atoms with van der Waals surface area (Å²) in [5.74, 6) is -0.829. The van der Waals surface area contributed by atoms with Crippen LogP contribution >= 0.6 is 15.9 Å². The Balaban J connectivity index is 2.27. The van der Waals surface area contributed by atoms with E-state index in [0.717, 1.165) is 0 Å². The molecule has 0 aromatic heterocycles. The van der Waals surface area contributed by atoms with Gasteiger partial charge in [0.25, 0.3) is 0 Å². The summed E-state index contributed by atoms with van der Waals surface area (Å²) in [5, 5.41) is 0. The molecule has 104 valence electrons. The molecule has 0 spiro atoms. The van der Waals surface area contributed by atoms with Crippen LogP contribution in [-0.4, -0.2) is 31.7 Å². The Kier molecular flexibility index (Phi) is 4.27. The monoisotopic (exact) mass is 346 g/mol. The van der Waals surface area contributed by atoms with E-state index in [-0.39, 0.29) is 11.4 Å². The minimum atomic E-state index is -3.56. The molecule has 1 aromatic rings. The predicted octanol–water partition coefficient (Wildman–Crippen LogP) is 1.34. The fourth-order valence-electron chi connectivity index (χ4n) is 2.17. The molecule has 1 atom stereocenters. The minimum Gasteiger partial charge on any atom is -0.369 e. The number of piperidine rings is 1. The number of primary amides is 1. The van der Waals surface area contributed by atoms with E-state index >= 15 is 0 Å². The fraction of sp³-hybridized carbons (Fsp3) is 0.417. The van der Waals surface area contributed by atoms with Gasteiger partial charge in [-0.2, -0.15) is 4.31 Å². The summed E-state index contributed by atoms with van der Waals surface area (Å²) in [7, 11) is -3.56. The van der Waals surface area contributed by atoms with Gasteiger partial charge in [0.15, 0.2) is 0 Å². The fourth-order valence-corrected chi connectivity index (χ4v) is 4.29. The van der Waals surface area contributed by atoms with Crippen LogP contribution in [0, 0.1) is 5.92 Å². The van der Waals surface area contributed by atoms with Gasteiger partial charge < -0.3 is 5.73 Å². The quantitative estimate of drug-likeness (QED) is 0.896. The highest BCUT2D eigenvalue weighted by Gasteiger charge is 2.32. The van der Waals surface area contributed by atoms with Crippen molar-refractivity contribution >= 4 is 31.9 Å². The summed E-state index contributed by atoms with van der Waals surface area (Å²) >= 11 is 3.26. The van der Waals surface area contributed by atoms with Crippen LogP contribution in [-0.2, 0) is 14.8 Å². The van der Waals surface area contributed by atoms with E-state index in [1.807, 2.05) is 0 Å². The van der Waals surface area contributed by atoms with Crippen molar-refractivity contribution in [2.24, 2.45) is 11.7 Å². The second-order valence-electron chi connectivity index (χ2n) is 4.56. The highest BCUT2D eigenvalue weighted by molar-refractivity contribution is 9.10. The molecule has 1 aliphatic heterocycles. The maximum Gasteiger partial charge on any atom is 0.243 e. The number of carbonyl (C=O) groups is 1. The van der Waals surface area contributed by atoms with Gasteiger partial charge in [0.2, 0.25) is 15.9 Å². The lowest BCUT2D eigenvalue weighted by Gasteiger charge is -2.30. The number of amides is 1. The molecule has 0 saturated carbocycles. The van der Waals surface area contributed by atoms with E-state index < -0.39 is 21.8 Å². The van der Waals surface area contributed by atoms with Crippen LogP contribution in [0.15, 0.2) is 33.6 Å². The number of hydrogen-bond donors (Lipinski definition) is 1. The molecule has 1 heterocycles. The third kappa shape index (κ3) is 3.16. The van der Waals surface area contributed by atoms with Gasteiger partial charge in [-0.25, -0.2) is 8.42 Å². The van der Waals surface area contributed by atoms with Gasteiger partial charge in [-0.3, -0.25) is 4.79 Å². The molecule has 1 saturated heterocycles. The Morgan fingerprint density at radius 1 is 1.42 bits per heavy atom. The molecule has 2 rings (SSSR count). The van der Waals surface area contributed by atoms with E-state index in [9.17, 15) is 13.2 Å². The van der Waals surface area contributed by atoms with Crippen LogP contribution in [0.4, 0.5) is 0 Å². The van der Waals surface area contributed by atoms with Crippen molar-refractivity contribution in [1.82, 2.24) is 4.31 Å². The van der Waals surface area contributed by atoms with Crippen molar-refractivity contribution < 1.29 is 13.2 Å². The van der Waals surface area contributed by atoms with Gasteiger partial charge in [-0.1, -0.05) is 22.0 Å². The molecule has 1 aromatic carbocycles. The first-order valence-electron chi connectivity index (χ1n) is 5.96. The van der Waals surface area contributed by atoms with Gasteiger partial charge in [-0.05, 0) is 31.0 Å². The van der Waals surface area contributed by atoms with E-state index in [1.165, 1.54) is 4.31 Å². The largest absolute Gasteiger partial charge is 0.369 e. The molecule has 2 N–H and O–H groups in total. The average molecular weight is 347 g/mol. The summed E-state index contributed by atoms with van der Waals surface area (Å²) in [5.41, 5.74) is 5.27. The van der Waals surface area contributed by atoms with Crippen molar-refractivity contribution in [3.05, 3.63) is 28.7 Å². The van der Waals surface area contributed by atoms with E-state index in [2.05, 4.69) is 15.9 Å². The molecule has 7 heteroatoms. The first-order valence-corrected chi connectivity index (χ1v) is 8.19. The third-order valence-corrected chi connectivity index (χ3v) is 5.57. The molecule has 19 heavy (non-hydrogen) atoms. The van der Waals surface area contributed by atoms with Gasteiger partial charge in [0, 0.05) is 17.6 Å². The predicted molar refractivity (Wildman–Crippen MR) is 74.8 cm³/mol. The second kappa shape index (κ2) is 5.60. The number of nitrogens with two attached hydrogens (primary N) is 1. The highest BCUT2D eigenvalue weighted by Crippen LogP contribution is 2.25. The molecule has 0 aliphatic carbocycles. The summed E-state index contributed by atoms with van der Waals surface area (Å²) in [6, 6.07) is 6.55. The average Bonchev–Trinajstić information content (AvgIpc) is 2.39. The van der Waals surface area contributed by atoms with Gasteiger partial charge in [-0.15, -0.1) is 0 Å². The molecule has 1 unspecified atom stereocenters. The standard InChI is InChI=1S/C12H15BrN2O3S/c13-10-4-1-5-11(7-10)19(17,18)15-6-2-3-9(8-15)12(14)16/h1,4-5,7,9H,2-3,6,8H2,(H2,14,16). The maximum atomic E-state index is 12.5. The van der Waals surface area contributed by atoms with Crippen LogP contribution in [0.25, 0.3) is 0 Å². The van der Waals surface area contributed by atoms with Crippen molar-refractivity contribution in [3.8, 4) is 0 Å². The highest BCUT2D eigenvalue weighted by atomic mass is 79.9. The molecule has 1 amide bonds. The Labute approximate surface area is 121 Å². The smallest absolute Gasteiger partial charge is 0.243 e. The Morgan fingerprint density at radius 3 is 2.79 bits per heavy atom. The Hall–Kier alpha value is -0.920. The number of benzene rings is 1. The zero-order valence-corrected chi connectivity index (χ0v) is 12.7. The number of halogens is 1. The van der Waals surface area contributed by atoms with Gasteiger partial charge in [0.05, 0.1) is 10.8 Å². The first kappa shape index (κ1) is 14.5. The molecule has 0 radical (unpaired) electrons. The maximum absolute atomic E-state index is 12.5. The molecule has 1 aliphatic rings. The van der Waals surface area contributed by atoms with Crippen molar-refractivity contribution in [2.45, 2.75) is 17.7 Å². The van der Waals surface area contributed by atoms with Gasteiger partial charge in [0.1, 0.15) is 0 Å². The SMILES string of the molecule is NC(=O)C1CCCN(S(=O)(=O)c2cccc(Br)c2)C1. The topological polar surface area (TPSA) is 80.5 Å². The van der Waals surface area contributed by atoms with Gasteiger partial charge >= 0.3 is 0 Å². The minimum absolute atomic E-state index is 0.171. The number of rotatable bonds is 3. The molecule has 1 fully saturated rings. The van der Waals surface area contributed by atoms with Crippen LogP contribution in [0.5, 0.6) is 0 Å². The summed E-state index contributed by atoms with van der Waals surface area (Å²) in [4.78, 5) is 11.4. The van der Waals surface area contributed by atoms with E-state index in [4.69, 9.17) is 5.73 Å². The normalized spacial score (nSPS) is 21.2. The van der Waals surface area contributed by atoms with Crippen molar-refractivity contribution in [3.63, 3.8) is 0 Å². The summed E-state index contributed by atoms with van der Waals surface area (Å²) in [6.45, 7) is 0.600. The molecule has 5 nitrogen and oxygen atoms in total. The van der Waals surface area contributed by atoms with Crippen LogP contribution in [0.3, 0.4) is 0 Å². The van der Waals surface area contributed by atoms with Crippen molar-refractivity contribution in [2.75, 3.05) is 13.1 Å². The Morgan fingerprint density at radius 2 is 2.16 bits per heavy atom. The summed E-state index contributed by atoms with van der Waals surface area (Å²) < 4.78 is 27.0. The zero-order valence-electron chi connectivity index (χ0n) is 10.3. The van der Waals surface area contributed by atoms with Crippen molar-refractivity contribution in [1.29, 1.82) is 0 Å². The number of sulfonamides is 1. The second-order valence-corrected chi connectivity index (χ2v) is 7.42. The van der Waals surface area contributed by atoms with Crippen LogP contribution in [0.1, 0.15) is 12.8 Å².